The summed E-state index contributed by atoms with van der Waals surface area (Å²) in [6, 6.07) is 2.06. The fourth-order valence-corrected chi connectivity index (χ4v) is 29.5. The lowest BCUT2D eigenvalue weighted by Gasteiger charge is -2.38. The molecule has 0 fully saturated rings. The van der Waals surface area contributed by atoms with Crippen molar-refractivity contribution in [2.45, 2.75) is 182 Å². The number of rotatable bonds is 33. The monoisotopic (exact) mass is 938 g/mol. The highest BCUT2D eigenvalue weighted by molar-refractivity contribution is 6.87. The van der Waals surface area contributed by atoms with Crippen LogP contribution in [0.5, 0.6) is 0 Å². The third-order valence-corrected chi connectivity index (χ3v) is 27.1. The van der Waals surface area contributed by atoms with Crippen molar-refractivity contribution in [3.8, 4) is 0 Å². The Morgan fingerprint density at radius 2 is 0.810 bits per heavy atom. The van der Waals surface area contributed by atoms with Gasteiger partial charge in [-0.2, -0.15) is 0 Å². The highest BCUT2D eigenvalue weighted by Crippen LogP contribution is 2.26. The van der Waals surface area contributed by atoms with E-state index in [0.29, 0.717) is 59.5 Å². The second kappa shape index (κ2) is 34.9. The normalized spacial score (nSPS) is 15.8. The van der Waals surface area contributed by atoms with E-state index >= 15 is 0 Å². The Balaban J connectivity index is -0.00000106. The molecule has 0 rings (SSSR count). The van der Waals surface area contributed by atoms with Gasteiger partial charge in [-0.15, -0.1) is 0 Å². The lowest BCUT2D eigenvalue weighted by molar-refractivity contribution is -0.0363. The summed E-state index contributed by atoms with van der Waals surface area (Å²) in [5, 5.41) is 27.4. The van der Waals surface area contributed by atoms with Gasteiger partial charge in [-0.05, 0) is 145 Å². The molecule has 0 bridgehead atoms. The fourth-order valence-electron chi connectivity index (χ4n) is 5.67. The Hall–Kier alpha value is 0.431. The van der Waals surface area contributed by atoms with Crippen molar-refractivity contribution in [3.63, 3.8) is 0 Å². The van der Waals surface area contributed by atoms with E-state index in [-0.39, 0.29) is 18.3 Å². The molecular weight excluding hydrogens is 845 g/mol. The van der Waals surface area contributed by atoms with Gasteiger partial charge < -0.3 is 60.2 Å². The van der Waals surface area contributed by atoms with Gasteiger partial charge >= 0.3 is 17.1 Å². The molecule has 13 nitrogen and oxygen atoms in total. The van der Waals surface area contributed by atoms with Crippen LogP contribution < -0.4 is 0 Å². The molecule has 0 heterocycles. The molecule has 0 saturated heterocycles. The first-order valence-electron chi connectivity index (χ1n) is 21.4. The molecule has 6 unspecified atom stereocenters. The zero-order valence-electron chi connectivity index (χ0n) is 40.4. The molecule has 350 valence electrons. The molecule has 58 heavy (non-hydrogen) atoms. The molecule has 0 aromatic heterocycles. The predicted octanol–water partition coefficient (Wildman–Crippen LogP) is 6.98. The molecule has 0 aromatic carbocycles. The van der Waals surface area contributed by atoms with Crippen LogP contribution in [0, 0.1) is 6.58 Å². The number of aliphatic hydroxyl groups excluding tert-OH is 3. The van der Waals surface area contributed by atoms with Crippen molar-refractivity contribution in [3.05, 3.63) is 12.7 Å². The van der Waals surface area contributed by atoms with Crippen molar-refractivity contribution >= 4 is 51.8 Å². The van der Waals surface area contributed by atoms with Gasteiger partial charge in [0.2, 0.25) is 6.58 Å². The van der Waals surface area contributed by atoms with Gasteiger partial charge in [-0.1, -0.05) is 0 Å². The van der Waals surface area contributed by atoms with Crippen LogP contribution >= 0.6 is 0 Å². The highest BCUT2D eigenvalue weighted by atomic mass is 28.5. The lowest BCUT2D eigenvalue weighted by Crippen LogP contribution is -2.52. The van der Waals surface area contributed by atoms with Crippen molar-refractivity contribution in [2.75, 3.05) is 59.5 Å². The molecule has 0 radical (unpaired) electrons. The van der Waals surface area contributed by atoms with Gasteiger partial charge in [0.25, 0.3) is 0 Å². The van der Waals surface area contributed by atoms with Gasteiger partial charge in [0.1, 0.15) is 6.61 Å². The summed E-state index contributed by atoms with van der Waals surface area (Å²) in [4.78, 5) is 0. The molecule has 19 heteroatoms. The molecule has 0 aromatic rings. The van der Waals surface area contributed by atoms with E-state index in [1.54, 1.807) is 20.8 Å². The minimum Gasteiger partial charge on any atom is -0.440 e. The Morgan fingerprint density at radius 1 is 0.500 bits per heavy atom. The summed E-state index contributed by atoms with van der Waals surface area (Å²) >= 11 is 0. The molecule has 6 atom stereocenters. The molecule has 0 spiro atoms. The van der Waals surface area contributed by atoms with Crippen LogP contribution in [0.25, 0.3) is 0 Å². The van der Waals surface area contributed by atoms with Crippen molar-refractivity contribution in [2.24, 2.45) is 0 Å². The number of hydrogen-bond acceptors (Lipinski definition) is 13. The largest absolute Gasteiger partial charge is 0.440 e. The molecule has 3 N–H and O–H groups in total. The molecule has 0 saturated carbocycles. The molecular formula is C39H93O13Si6+. The zero-order valence-corrected chi connectivity index (χ0v) is 46.7. The average Bonchev–Trinajstić information content (AvgIpc) is 3.03. The maximum Gasteiger partial charge on any atom is 0.311 e. The van der Waals surface area contributed by atoms with Crippen LogP contribution in [0.1, 0.15) is 54.4 Å². The summed E-state index contributed by atoms with van der Waals surface area (Å²) in [7, 11) is -9.45. The van der Waals surface area contributed by atoms with E-state index in [1.807, 2.05) is 20.8 Å². The van der Waals surface area contributed by atoms with Crippen molar-refractivity contribution in [1.29, 1.82) is 0 Å². The number of hydrogen-bond donors (Lipinski definition) is 3. The minimum absolute atomic E-state index is 0.000417. The summed E-state index contributed by atoms with van der Waals surface area (Å²) in [5.41, 5.74) is 0. The standard InChI is InChI=1S/C24H56O8Si3.C9H17O3.C6H20O2Si3/c1-21(25)17-29-23(3)19-27-13-11-15-33(5,6)31-35(9,10)32-34(7,8)16-12-14-28-20-24(4)30-18-22(2)26;1-4-5-11-7-9(3)12-6-8(2)10;1-9(2)7-11(5,6)8-10(3)4/h21-26H,11-20H2,1-10H3;1,4,8-10H,5-7H2,2-3H3;9-10H,1-6H3/q;+1;. The van der Waals surface area contributed by atoms with Gasteiger partial charge in [-0.3, -0.25) is 0 Å². The summed E-state index contributed by atoms with van der Waals surface area (Å²) in [6.07, 6.45) is 2.01. The zero-order chi connectivity index (χ0) is 45.6. The van der Waals surface area contributed by atoms with E-state index in [4.69, 9.17) is 56.6 Å². The first kappa shape index (κ1) is 62.7. The fraction of sp³-hybridized carbons (Fsp3) is 0.949. The van der Waals surface area contributed by atoms with E-state index in [1.165, 1.54) is 6.08 Å². The van der Waals surface area contributed by atoms with E-state index in [2.05, 4.69) is 78.6 Å². The quantitative estimate of drug-likeness (QED) is 0.0353. The Bertz CT molecular complexity index is 905. The highest BCUT2D eigenvalue weighted by Gasteiger charge is 2.39. The lowest BCUT2D eigenvalue weighted by atomic mass is 10.4. The van der Waals surface area contributed by atoms with Gasteiger partial charge in [0.05, 0.1) is 76.3 Å². The van der Waals surface area contributed by atoms with Crippen LogP contribution in [0.15, 0.2) is 6.08 Å². The summed E-state index contributed by atoms with van der Waals surface area (Å²) < 4.78 is 57.9. The van der Waals surface area contributed by atoms with Gasteiger partial charge in [-0.25, -0.2) is 0 Å². The molecule has 0 aliphatic rings. The summed E-state index contributed by atoms with van der Waals surface area (Å²) in [5.74, 6) is 0. The number of aliphatic hydroxyl groups is 3. The molecule has 0 aliphatic carbocycles. The Morgan fingerprint density at radius 3 is 1.09 bits per heavy atom. The molecule has 0 amide bonds. The first-order valence-corrected chi connectivity index (χ1v) is 38.9. The predicted molar refractivity (Wildman–Crippen MR) is 253 cm³/mol. The Labute approximate surface area is 364 Å². The summed E-state index contributed by atoms with van der Waals surface area (Å²) in [6.45, 7) is 46.9. The average molecular weight is 939 g/mol. The van der Waals surface area contributed by atoms with Crippen LogP contribution in [0.3, 0.4) is 0 Å². The maximum absolute atomic E-state index is 9.28. The van der Waals surface area contributed by atoms with Crippen LogP contribution in [0.4, 0.5) is 0 Å². The molecule has 0 aliphatic heterocycles. The third kappa shape index (κ3) is 47.5. The maximum atomic E-state index is 9.28. The van der Waals surface area contributed by atoms with E-state index < -0.39 is 70.1 Å². The minimum atomic E-state index is -2.24. The smallest absolute Gasteiger partial charge is 0.311 e. The number of ether oxygens (including phenoxy) is 6. The van der Waals surface area contributed by atoms with Crippen LogP contribution in [-0.4, -0.2) is 163 Å². The Kier molecular flexibility index (Phi) is 37.7. The second-order valence-electron chi connectivity index (χ2n) is 18.0. The van der Waals surface area contributed by atoms with E-state index in [0.717, 1.165) is 24.9 Å². The SMILES string of the molecule is CC(O)COC(C)COCCC[Si](C)(C)O[Si](C)(C)O[Si](C)(C)CCCOCC(C)OCC(C)O.C[SiH](C)O[Si](C)(C)O[SiH](C)C.[CH+]=CCOCC(C)OCC(C)O. The first-order chi connectivity index (χ1) is 26.5. The van der Waals surface area contributed by atoms with Crippen molar-refractivity contribution < 1.29 is 60.2 Å². The van der Waals surface area contributed by atoms with Crippen molar-refractivity contribution in [1.82, 2.24) is 0 Å². The topological polar surface area (TPSA) is 153 Å². The second-order valence-corrected chi connectivity index (χ2v) is 39.3. The van der Waals surface area contributed by atoms with Crippen LogP contribution in [0.2, 0.25) is 90.7 Å². The third-order valence-electron chi connectivity index (χ3n) is 7.36. The van der Waals surface area contributed by atoms with Gasteiger partial charge in [0.15, 0.2) is 40.8 Å². The van der Waals surface area contributed by atoms with E-state index in [9.17, 15) is 10.2 Å². The van der Waals surface area contributed by atoms with Gasteiger partial charge in [0, 0.05) is 13.2 Å². The van der Waals surface area contributed by atoms with Crippen LogP contribution in [-0.2, 0) is 44.9 Å².